The molecule has 0 saturated carbocycles. The first-order chi connectivity index (χ1) is 13.6. The summed E-state index contributed by atoms with van der Waals surface area (Å²) >= 11 is 1.12. The van der Waals surface area contributed by atoms with E-state index in [1.807, 2.05) is 0 Å². The number of aliphatic hydroxyl groups excluding tert-OH is 1. The summed E-state index contributed by atoms with van der Waals surface area (Å²) < 4.78 is 19.4. The van der Waals surface area contributed by atoms with Crippen molar-refractivity contribution in [3.8, 4) is 5.88 Å². The third-order valence-corrected chi connectivity index (χ3v) is 3.89. The number of ether oxygens (including phenoxy) is 2. The van der Waals surface area contributed by atoms with Gasteiger partial charge in [-0.15, -0.1) is 4.37 Å². The number of hydrogen-bond donors (Lipinski definition) is 2. The highest BCUT2D eigenvalue weighted by molar-refractivity contribution is 6.99. The molecule has 0 amide bonds. The molecule has 0 bridgehead atoms. The minimum Gasteiger partial charge on any atom is -0.545 e. The van der Waals surface area contributed by atoms with E-state index in [2.05, 4.69) is 39.7 Å². The summed E-state index contributed by atoms with van der Waals surface area (Å²) in [5.74, 6) is -1.85. The fourth-order valence-electron chi connectivity index (χ4n) is 2.03. The van der Waals surface area contributed by atoms with Crippen LogP contribution in [0.1, 0.15) is 20.8 Å². The summed E-state index contributed by atoms with van der Waals surface area (Å²) in [6.45, 7) is 9.81. The van der Waals surface area contributed by atoms with Gasteiger partial charge in [-0.2, -0.15) is 4.37 Å². The third kappa shape index (κ3) is 11.3. The summed E-state index contributed by atoms with van der Waals surface area (Å²) in [4.78, 5) is 20.9. The van der Waals surface area contributed by atoms with Crippen molar-refractivity contribution >= 4 is 29.5 Å². The quantitative estimate of drug-likeness (QED) is 0.421. The minimum absolute atomic E-state index is 0.0257. The lowest BCUT2D eigenvalue weighted by atomic mass is 10.1. The topological polar surface area (TPSA) is 160 Å². The van der Waals surface area contributed by atoms with Crippen molar-refractivity contribution in [1.29, 1.82) is 0 Å². The maximum atomic E-state index is 9.95. The molecule has 1 aliphatic heterocycles. The van der Waals surface area contributed by atoms with Crippen LogP contribution in [0.4, 0.5) is 5.82 Å². The molecule has 11 nitrogen and oxygen atoms in total. The van der Waals surface area contributed by atoms with Crippen LogP contribution in [0.3, 0.4) is 0 Å². The summed E-state index contributed by atoms with van der Waals surface area (Å²) in [5.41, 5.74) is -0.0257. The van der Waals surface area contributed by atoms with E-state index >= 15 is 0 Å². The lowest BCUT2D eigenvalue weighted by molar-refractivity contribution is -0.301. The van der Waals surface area contributed by atoms with Gasteiger partial charge in [0.05, 0.1) is 36.9 Å². The number of aliphatic hydroxyl groups is 1. The Hall–Kier alpha value is -2.28. The van der Waals surface area contributed by atoms with E-state index in [0.29, 0.717) is 37.8 Å². The second-order valence-electron chi connectivity index (χ2n) is 7.06. The van der Waals surface area contributed by atoms with Crippen molar-refractivity contribution in [1.82, 2.24) is 14.1 Å². The van der Waals surface area contributed by atoms with Crippen LogP contribution >= 0.6 is 11.7 Å². The van der Waals surface area contributed by atoms with Gasteiger partial charge in [0.2, 0.25) is 5.82 Å². The fraction of sp³-hybridized carbons (Fsp3) is 0.647. The van der Waals surface area contributed by atoms with E-state index in [4.69, 9.17) is 9.47 Å². The first-order valence-corrected chi connectivity index (χ1v) is 9.62. The van der Waals surface area contributed by atoms with Gasteiger partial charge in [-0.3, -0.25) is 0 Å². The first kappa shape index (κ1) is 24.8. The third-order valence-electron chi connectivity index (χ3n) is 3.39. The molecule has 29 heavy (non-hydrogen) atoms. The zero-order valence-electron chi connectivity index (χ0n) is 16.6. The second-order valence-corrected chi connectivity index (χ2v) is 7.59. The van der Waals surface area contributed by atoms with Gasteiger partial charge in [0.25, 0.3) is 5.88 Å². The minimum atomic E-state index is -1.55. The van der Waals surface area contributed by atoms with E-state index in [1.165, 1.54) is 0 Å². The molecule has 1 fully saturated rings. The highest BCUT2D eigenvalue weighted by atomic mass is 32.1. The van der Waals surface area contributed by atoms with Crippen LogP contribution in [0.15, 0.2) is 12.2 Å². The highest BCUT2D eigenvalue weighted by Crippen LogP contribution is 2.26. The van der Waals surface area contributed by atoms with Gasteiger partial charge in [-0.1, -0.05) is 0 Å². The summed E-state index contributed by atoms with van der Waals surface area (Å²) in [6, 6.07) is 0. The largest absolute Gasteiger partial charge is 0.545 e. The number of carbonyl (C=O) groups is 2. The van der Waals surface area contributed by atoms with Gasteiger partial charge in [0.1, 0.15) is 12.7 Å². The number of nitrogens with zero attached hydrogens (tertiary/aromatic N) is 3. The lowest BCUT2D eigenvalue weighted by Crippen LogP contribution is -2.42. The van der Waals surface area contributed by atoms with Crippen LogP contribution in [-0.2, 0) is 14.3 Å². The van der Waals surface area contributed by atoms with Crippen molar-refractivity contribution in [3.63, 3.8) is 0 Å². The van der Waals surface area contributed by atoms with Crippen molar-refractivity contribution < 1.29 is 34.4 Å². The maximum Gasteiger partial charge on any atom is 0.270 e. The van der Waals surface area contributed by atoms with Gasteiger partial charge < -0.3 is 44.6 Å². The van der Waals surface area contributed by atoms with E-state index in [-0.39, 0.29) is 12.1 Å². The molecule has 2 rings (SSSR count). The van der Waals surface area contributed by atoms with E-state index in [0.717, 1.165) is 30.6 Å². The van der Waals surface area contributed by atoms with Crippen LogP contribution in [0, 0.1) is 0 Å². The number of hydrogen-bond acceptors (Lipinski definition) is 12. The molecular weight excluding hydrogens is 404 g/mol. The standard InChI is InChI=1S/C13H24N4O3S.C4H4O4/c1-13(2,3)14-8-10(18)9-20-12-11(15-21-16-12)17-4-6-19-7-5-17;5-3(6)1-2-4(7)8/h10,14,18H,4-9H2,1-3H3;1-2H,(H,5,6)(H,7,8)/p-2/b;2-1-/t10-;/m0./s1. The van der Waals surface area contributed by atoms with E-state index in [1.54, 1.807) is 0 Å². The van der Waals surface area contributed by atoms with E-state index in [9.17, 15) is 24.9 Å². The fourth-order valence-corrected chi connectivity index (χ4v) is 2.55. The van der Waals surface area contributed by atoms with Crippen molar-refractivity contribution in [2.24, 2.45) is 0 Å². The number of carboxylic acid groups (broad SMARTS) is 2. The Balaban J connectivity index is 0.000000447. The lowest BCUT2D eigenvalue weighted by Gasteiger charge is -2.27. The van der Waals surface area contributed by atoms with Gasteiger partial charge in [0.15, 0.2) is 0 Å². The molecule has 0 unspecified atom stereocenters. The zero-order chi connectivity index (χ0) is 21.9. The Bertz CT molecular complexity index is 653. The Morgan fingerprint density at radius 2 is 1.86 bits per heavy atom. The monoisotopic (exact) mass is 430 g/mol. The molecular formula is C17H26N4O7S-2. The van der Waals surface area contributed by atoms with Gasteiger partial charge in [-0.05, 0) is 32.9 Å². The number of anilines is 1. The average Bonchev–Trinajstić information content (AvgIpc) is 3.12. The summed E-state index contributed by atoms with van der Waals surface area (Å²) in [6.07, 6.45) is 0.188. The predicted molar refractivity (Wildman–Crippen MR) is 101 cm³/mol. The summed E-state index contributed by atoms with van der Waals surface area (Å²) in [5, 5.41) is 32.0. The molecule has 1 aliphatic rings. The Kier molecular flexibility index (Phi) is 10.5. The Morgan fingerprint density at radius 3 is 2.38 bits per heavy atom. The van der Waals surface area contributed by atoms with Crippen molar-refractivity contribution in [2.45, 2.75) is 32.4 Å². The molecule has 164 valence electrons. The number of carbonyl (C=O) groups excluding carboxylic acids is 2. The first-order valence-electron chi connectivity index (χ1n) is 8.89. The van der Waals surface area contributed by atoms with Crippen LogP contribution in [0.2, 0.25) is 0 Å². The molecule has 0 spiro atoms. The molecule has 0 radical (unpaired) electrons. The average molecular weight is 430 g/mol. The normalized spacial score (nSPS) is 15.5. The summed E-state index contributed by atoms with van der Waals surface area (Å²) in [7, 11) is 0. The molecule has 12 heteroatoms. The molecule has 1 saturated heterocycles. The number of aromatic nitrogens is 2. The van der Waals surface area contributed by atoms with Crippen LogP contribution < -0.4 is 25.2 Å². The van der Waals surface area contributed by atoms with Crippen LogP contribution in [-0.4, -0.2) is 76.9 Å². The molecule has 2 heterocycles. The van der Waals surface area contributed by atoms with Gasteiger partial charge >= 0.3 is 0 Å². The van der Waals surface area contributed by atoms with Gasteiger partial charge in [-0.25, -0.2) is 0 Å². The molecule has 0 aliphatic carbocycles. The number of β-amino-alcohol motifs (C(OH)–C–C–N with tert-alkyl or cyclic N) is 1. The van der Waals surface area contributed by atoms with Crippen molar-refractivity contribution in [3.05, 3.63) is 12.2 Å². The predicted octanol–water partition coefficient (Wildman–Crippen LogP) is -2.46. The molecule has 1 atom stereocenters. The SMILES string of the molecule is CC(C)(C)NC[C@H](O)COc1nsnc1N1CCOCC1.O=C([O-])/C=C\C(=O)[O-]. The Labute approximate surface area is 173 Å². The zero-order valence-corrected chi connectivity index (χ0v) is 17.4. The van der Waals surface area contributed by atoms with Crippen LogP contribution in [0.25, 0.3) is 0 Å². The van der Waals surface area contributed by atoms with Crippen LogP contribution in [0.5, 0.6) is 5.88 Å². The maximum absolute atomic E-state index is 9.95. The molecule has 0 aromatic carbocycles. The number of morpholine rings is 1. The highest BCUT2D eigenvalue weighted by Gasteiger charge is 2.21. The number of rotatable bonds is 8. The van der Waals surface area contributed by atoms with Crippen molar-refractivity contribution in [2.75, 3.05) is 44.4 Å². The number of carboxylic acids is 2. The molecule has 1 aromatic heterocycles. The smallest absolute Gasteiger partial charge is 0.270 e. The molecule has 2 N–H and O–H groups in total. The molecule has 1 aromatic rings. The number of nitrogens with one attached hydrogen (secondary N) is 1. The second kappa shape index (κ2) is 12.3. The van der Waals surface area contributed by atoms with Gasteiger partial charge in [0, 0.05) is 25.2 Å². The Morgan fingerprint density at radius 1 is 1.28 bits per heavy atom. The number of aliphatic carboxylic acids is 2. The van der Waals surface area contributed by atoms with E-state index < -0.39 is 18.0 Å².